The molecule has 180 valence electrons. The van der Waals surface area contributed by atoms with E-state index >= 15 is 0 Å². The number of hydrogen-bond acceptors (Lipinski definition) is 3. The van der Waals surface area contributed by atoms with Crippen LogP contribution in [0.5, 0.6) is 0 Å². The molecule has 0 saturated heterocycles. The molecule has 0 bridgehead atoms. The van der Waals surface area contributed by atoms with Crippen molar-refractivity contribution >= 4 is 10.1 Å². The van der Waals surface area contributed by atoms with Gasteiger partial charge in [-0.25, -0.2) is 0 Å². The maximum Gasteiger partial charge on any atom is 0.460 e. The Morgan fingerprint density at radius 1 is 0.667 bits per heavy atom. The highest BCUT2D eigenvalue weighted by atomic mass is 32.2. The summed E-state index contributed by atoms with van der Waals surface area (Å²) in [6, 6.07) is 0. The molecular weight excluding hydrogens is 485 g/mol. The van der Waals surface area contributed by atoms with Gasteiger partial charge in [0.05, 0.1) is 0 Å². The van der Waals surface area contributed by atoms with E-state index in [0.29, 0.717) is 0 Å². The van der Waals surface area contributed by atoms with Gasteiger partial charge in [-0.15, -0.1) is 13.2 Å². The molecule has 0 aromatic rings. The largest absolute Gasteiger partial charge is 0.460 e. The minimum atomic E-state index is -8.25. The zero-order valence-corrected chi connectivity index (χ0v) is 14.9. The van der Waals surface area contributed by atoms with Crippen LogP contribution >= 0.6 is 0 Å². The Bertz CT molecular complexity index is 693. The number of hydrogen-bond donors (Lipinski definition) is 2. The topological polar surface area (TPSA) is 66.4 Å². The van der Waals surface area contributed by atoms with Gasteiger partial charge in [0.25, 0.3) is 0 Å². The van der Waals surface area contributed by atoms with Crippen molar-refractivity contribution in [2.75, 3.05) is 13.1 Å². The molecule has 0 saturated carbocycles. The third-order valence-electron chi connectivity index (χ3n) is 2.81. The minimum absolute atomic E-state index is 0.867. The maximum absolute atomic E-state index is 12.7. The summed E-state index contributed by atoms with van der Waals surface area (Å²) in [5.74, 6) is -32.5. The van der Waals surface area contributed by atoms with E-state index in [1.807, 2.05) is 12.2 Å². The molecule has 0 aromatic heterocycles. The van der Waals surface area contributed by atoms with Crippen molar-refractivity contribution in [2.24, 2.45) is 0 Å². The second kappa shape index (κ2) is 9.29. The lowest BCUT2D eigenvalue weighted by atomic mass is 9.98. The first-order valence-corrected chi connectivity index (χ1v) is 8.21. The highest BCUT2D eigenvalue weighted by Gasteiger charge is 2.92. The fraction of sp³-hybridized carbons (Fsp3) is 0.667. The van der Waals surface area contributed by atoms with E-state index in [9.17, 15) is 65.5 Å². The standard InChI is InChI=1S/C6HF13O3S.C6H11N/c7-1(8,3(11,12)5(15,16)17)2(9,10)4(13,14)6(18,19)23(20,21)22;1-3-5-7-6-4-2/h(H,20,21,22);3-4,7H,1-2,5-6H2. The molecule has 0 aliphatic carbocycles. The van der Waals surface area contributed by atoms with Crippen LogP contribution in [0.25, 0.3) is 0 Å². The predicted molar refractivity (Wildman–Crippen MR) is 75.6 cm³/mol. The van der Waals surface area contributed by atoms with Crippen molar-refractivity contribution < 1.29 is 70.0 Å². The van der Waals surface area contributed by atoms with Crippen LogP contribution in [-0.2, 0) is 10.1 Å². The molecule has 0 radical (unpaired) electrons. The molecule has 0 atom stereocenters. The predicted octanol–water partition coefficient (Wildman–Crippen LogP) is 4.52. The Balaban J connectivity index is 0. The molecule has 18 heteroatoms. The molecule has 0 aliphatic heterocycles. The van der Waals surface area contributed by atoms with Crippen LogP contribution < -0.4 is 5.32 Å². The lowest BCUT2D eigenvalue weighted by Crippen LogP contribution is -2.71. The maximum atomic E-state index is 12.7. The lowest BCUT2D eigenvalue weighted by molar-refractivity contribution is -0.433. The van der Waals surface area contributed by atoms with E-state index in [-0.39, 0.29) is 0 Å². The SMILES string of the molecule is C=CCNCC=C.O=S(=O)(O)C(F)(F)C(F)(F)C(F)(F)C(F)(F)C(F)(F)C(F)(F)F. The quantitative estimate of drug-likeness (QED) is 0.213. The van der Waals surface area contributed by atoms with Gasteiger partial charge in [0.1, 0.15) is 0 Å². The normalized spacial score (nSPS) is 14.6. The molecule has 4 nitrogen and oxygen atoms in total. The van der Waals surface area contributed by atoms with Crippen molar-refractivity contribution in [2.45, 2.75) is 35.1 Å². The Labute approximate surface area is 160 Å². The van der Waals surface area contributed by atoms with Crippen molar-refractivity contribution in [3.8, 4) is 0 Å². The molecule has 2 N–H and O–H groups in total. The van der Waals surface area contributed by atoms with E-state index in [4.69, 9.17) is 4.55 Å². The summed E-state index contributed by atoms with van der Waals surface area (Å²) in [6.07, 6.45) is -3.95. The minimum Gasteiger partial charge on any atom is -0.310 e. The van der Waals surface area contributed by atoms with Gasteiger partial charge < -0.3 is 5.32 Å². The molecule has 0 aliphatic rings. The Hall–Kier alpha value is -1.56. The summed E-state index contributed by atoms with van der Waals surface area (Å²) in [5, 5.41) is -4.47. The third-order valence-corrected chi connectivity index (χ3v) is 3.71. The van der Waals surface area contributed by atoms with E-state index in [0.717, 1.165) is 13.1 Å². The van der Waals surface area contributed by atoms with Crippen LogP contribution in [0.2, 0.25) is 0 Å². The van der Waals surface area contributed by atoms with Gasteiger partial charge in [0, 0.05) is 13.1 Å². The average Bonchev–Trinajstić information content (AvgIpc) is 2.53. The zero-order valence-electron chi connectivity index (χ0n) is 14.1. The monoisotopic (exact) mass is 497 g/mol. The van der Waals surface area contributed by atoms with Gasteiger partial charge in [-0.3, -0.25) is 4.55 Å². The van der Waals surface area contributed by atoms with Crippen molar-refractivity contribution in [3.05, 3.63) is 25.3 Å². The molecule has 30 heavy (non-hydrogen) atoms. The number of halogens is 13. The third kappa shape index (κ3) is 5.37. The summed E-state index contributed by atoms with van der Waals surface area (Å²) in [7, 11) is -7.61. The van der Waals surface area contributed by atoms with Crippen molar-refractivity contribution in [1.82, 2.24) is 5.32 Å². The van der Waals surface area contributed by atoms with Crippen LogP contribution in [0, 0.1) is 0 Å². The molecule has 0 fully saturated rings. The zero-order chi connectivity index (χ0) is 25.0. The van der Waals surface area contributed by atoms with Gasteiger partial charge >= 0.3 is 45.2 Å². The fourth-order valence-electron chi connectivity index (χ4n) is 1.20. The van der Waals surface area contributed by atoms with Gasteiger partial charge in [-0.2, -0.15) is 65.5 Å². The smallest absolute Gasteiger partial charge is 0.310 e. The van der Waals surface area contributed by atoms with Crippen LogP contribution in [0.1, 0.15) is 0 Å². The summed E-state index contributed by atoms with van der Waals surface area (Å²) in [6.45, 7) is 8.81. The molecule has 0 spiro atoms. The Morgan fingerprint density at radius 2 is 0.967 bits per heavy atom. The summed E-state index contributed by atoms with van der Waals surface area (Å²) >= 11 is 0. The number of alkyl halides is 13. The summed E-state index contributed by atoms with van der Waals surface area (Å²) in [5.41, 5.74) is 0. The average molecular weight is 497 g/mol. The van der Waals surface area contributed by atoms with Crippen LogP contribution in [0.15, 0.2) is 25.3 Å². The summed E-state index contributed by atoms with van der Waals surface area (Å²) < 4.78 is 188. The second-order valence-electron chi connectivity index (χ2n) is 5.02. The van der Waals surface area contributed by atoms with Crippen LogP contribution in [0.3, 0.4) is 0 Å². The van der Waals surface area contributed by atoms with Gasteiger partial charge in [0.15, 0.2) is 0 Å². The van der Waals surface area contributed by atoms with E-state index in [2.05, 4.69) is 18.5 Å². The fourth-order valence-corrected chi connectivity index (χ4v) is 1.66. The molecular formula is C12H12F13NO3S. The first-order chi connectivity index (χ1) is 12.9. The first-order valence-electron chi connectivity index (χ1n) is 6.77. The van der Waals surface area contributed by atoms with Crippen molar-refractivity contribution in [1.29, 1.82) is 0 Å². The highest BCUT2D eigenvalue weighted by molar-refractivity contribution is 7.87. The number of nitrogens with one attached hydrogen (secondary N) is 1. The molecule has 0 heterocycles. The van der Waals surface area contributed by atoms with Gasteiger partial charge in [-0.1, -0.05) is 12.2 Å². The lowest BCUT2D eigenvalue weighted by Gasteiger charge is -2.38. The van der Waals surface area contributed by atoms with E-state index in [1.165, 1.54) is 0 Å². The summed E-state index contributed by atoms with van der Waals surface area (Å²) in [4.78, 5) is 0. The molecule has 0 unspecified atom stereocenters. The van der Waals surface area contributed by atoms with Crippen LogP contribution in [-0.4, -0.2) is 61.2 Å². The van der Waals surface area contributed by atoms with E-state index < -0.39 is 45.2 Å². The Morgan fingerprint density at radius 3 is 1.20 bits per heavy atom. The molecule has 0 rings (SSSR count). The van der Waals surface area contributed by atoms with E-state index in [1.54, 1.807) is 0 Å². The highest BCUT2D eigenvalue weighted by Crippen LogP contribution is 2.60. The Kier molecular flexibility index (Phi) is 9.49. The molecule has 0 aromatic carbocycles. The molecule has 0 amide bonds. The second-order valence-corrected chi connectivity index (χ2v) is 6.49. The van der Waals surface area contributed by atoms with Crippen molar-refractivity contribution in [3.63, 3.8) is 0 Å². The number of rotatable bonds is 9. The van der Waals surface area contributed by atoms with Gasteiger partial charge in [-0.05, 0) is 0 Å². The van der Waals surface area contributed by atoms with Gasteiger partial charge in [0.2, 0.25) is 0 Å². The first kappa shape index (κ1) is 30.6. The van der Waals surface area contributed by atoms with Crippen LogP contribution in [0.4, 0.5) is 57.1 Å².